The van der Waals surface area contributed by atoms with Crippen molar-refractivity contribution < 1.29 is 38.7 Å². The molecule has 5 rings (SSSR count). The van der Waals surface area contributed by atoms with Crippen molar-refractivity contribution in [2.45, 2.75) is 95.5 Å². The molecule has 2 aliphatic heterocycles. The lowest BCUT2D eigenvalue weighted by Crippen LogP contribution is -2.61. The van der Waals surface area contributed by atoms with Crippen molar-refractivity contribution in [3.8, 4) is 5.75 Å². The molecule has 326 valence electrons. The predicted molar refractivity (Wildman–Crippen MR) is 229 cm³/mol. The van der Waals surface area contributed by atoms with Crippen LogP contribution in [-0.2, 0) is 52.8 Å². The molecule has 0 radical (unpaired) electrons. The van der Waals surface area contributed by atoms with E-state index in [2.05, 4.69) is 16.0 Å². The van der Waals surface area contributed by atoms with Crippen LogP contribution in [0.4, 0.5) is 0 Å². The van der Waals surface area contributed by atoms with Crippen LogP contribution >= 0.6 is 0 Å². The van der Waals surface area contributed by atoms with Gasteiger partial charge in [-0.3, -0.25) is 33.6 Å². The number of nitrogens with one attached hydrogen (secondary N) is 3. The predicted octanol–water partition coefficient (Wildman–Crippen LogP) is 2.06. The molecule has 2 heterocycles. The first kappa shape index (κ1) is 45.8. The molecule has 2 aliphatic rings. The van der Waals surface area contributed by atoms with Crippen LogP contribution in [0.5, 0.6) is 5.75 Å². The fraction of sp³-hybridized carbons (Fsp3) is 0.457. The van der Waals surface area contributed by atoms with E-state index in [1.807, 2.05) is 55.5 Å². The molecule has 2 fully saturated rings. The number of fused-ring (bicyclic) bond motifs is 1. The topological polar surface area (TPSA) is 189 Å². The molecule has 3 aromatic carbocycles. The van der Waals surface area contributed by atoms with E-state index >= 15 is 0 Å². The van der Waals surface area contributed by atoms with E-state index in [1.54, 1.807) is 31.2 Å². The van der Waals surface area contributed by atoms with Gasteiger partial charge in [0.05, 0.1) is 6.54 Å². The normalized spacial score (nSPS) is 24.7. The second kappa shape index (κ2) is 20.8. The lowest BCUT2D eigenvalue weighted by Gasteiger charge is -2.35. The second-order valence-corrected chi connectivity index (χ2v) is 16.3. The van der Waals surface area contributed by atoms with Crippen LogP contribution in [-0.4, -0.2) is 137 Å². The average molecular weight is 838 g/mol. The summed E-state index contributed by atoms with van der Waals surface area (Å²) in [7, 11) is 4.41. The molecule has 3 aromatic rings. The van der Waals surface area contributed by atoms with Gasteiger partial charge in [0.15, 0.2) is 0 Å². The summed E-state index contributed by atoms with van der Waals surface area (Å²) in [6, 6.07) is 17.8. The van der Waals surface area contributed by atoms with Crippen LogP contribution in [0.1, 0.15) is 56.7 Å². The van der Waals surface area contributed by atoms with Gasteiger partial charge in [-0.1, -0.05) is 93.1 Å². The second-order valence-electron chi connectivity index (χ2n) is 16.3. The quantitative estimate of drug-likeness (QED) is 0.266. The lowest BCUT2D eigenvalue weighted by atomic mass is 9.96. The number of nitrogens with zero attached hydrogens (tertiary/aromatic N) is 4. The van der Waals surface area contributed by atoms with Crippen LogP contribution in [0.3, 0.4) is 0 Å². The maximum absolute atomic E-state index is 14.6. The largest absolute Gasteiger partial charge is 0.508 e. The zero-order chi connectivity index (χ0) is 44.4. The number of amides is 7. The van der Waals surface area contributed by atoms with Crippen molar-refractivity contribution in [2.24, 2.45) is 5.92 Å². The average Bonchev–Trinajstić information content (AvgIpc) is 3.75. The molecule has 61 heavy (non-hydrogen) atoms. The van der Waals surface area contributed by atoms with E-state index in [4.69, 9.17) is 0 Å². The molecule has 0 unspecified atom stereocenters. The molecule has 15 heteroatoms. The third-order valence-electron chi connectivity index (χ3n) is 11.9. The number of hydrogen-bond donors (Lipinski definition) is 4. The zero-order valence-corrected chi connectivity index (χ0v) is 35.9. The first-order chi connectivity index (χ1) is 29.1. The third kappa shape index (κ3) is 11.5. The Bertz CT molecular complexity index is 2030. The maximum Gasteiger partial charge on any atom is 0.246 e. The summed E-state index contributed by atoms with van der Waals surface area (Å²) in [4.78, 5) is 105. The monoisotopic (exact) mass is 837 g/mol. The molecule has 7 atom stereocenters. The summed E-state index contributed by atoms with van der Waals surface area (Å²) in [5, 5.41) is 18.4. The minimum absolute atomic E-state index is 0.0119. The third-order valence-corrected chi connectivity index (χ3v) is 11.9. The Kier molecular flexibility index (Phi) is 15.6. The van der Waals surface area contributed by atoms with Crippen molar-refractivity contribution in [2.75, 3.05) is 34.2 Å². The number of hydrogen-bond acceptors (Lipinski definition) is 8. The molecule has 0 saturated carbocycles. The maximum atomic E-state index is 14.6. The van der Waals surface area contributed by atoms with E-state index in [0.29, 0.717) is 24.8 Å². The Balaban J connectivity index is 1.57. The fourth-order valence-corrected chi connectivity index (χ4v) is 7.98. The van der Waals surface area contributed by atoms with Crippen LogP contribution in [0.15, 0.2) is 84.9 Å². The zero-order valence-electron chi connectivity index (χ0n) is 35.9. The van der Waals surface area contributed by atoms with Gasteiger partial charge >= 0.3 is 0 Å². The van der Waals surface area contributed by atoms with Gasteiger partial charge in [-0.05, 0) is 54.5 Å². The smallest absolute Gasteiger partial charge is 0.246 e. The number of phenolic OH excluding ortho intramolecular Hbond substituents is 1. The summed E-state index contributed by atoms with van der Waals surface area (Å²) >= 11 is 0. The van der Waals surface area contributed by atoms with Crippen LogP contribution in [0.25, 0.3) is 0 Å². The van der Waals surface area contributed by atoms with Crippen LogP contribution in [0, 0.1) is 5.92 Å². The highest BCUT2D eigenvalue weighted by atomic mass is 16.3. The highest BCUT2D eigenvalue weighted by Crippen LogP contribution is 2.24. The minimum Gasteiger partial charge on any atom is -0.508 e. The Morgan fingerprint density at radius 2 is 1.21 bits per heavy atom. The van der Waals surface area contributed by atoms with Crippen molar-refractivity contribution in [3.63, 3.8) is 0 Å². The Labute approximate surface area is 357 Å². The lowest BCUT2D eigenvalue weighted by molar-refractivity contribution is -0.150. The van der Waals surface area contributed by atoms with Gasteiger partial charge in [0.25, 0.3) is 0 Å². The van der Waals surface area contributed by atoms with E-state index in [9.17, 15) is 38.7 Å². The number of aromatic hydroxyl groups is 1. The van der Waals surface area contributed by atoms with Gasteiger partial charge in [-0.15, -0.1) is 0 Å². The van der Waals surface area contributed by atoms with Gasteiger partial charge in [0.2, 0.25) is 41.4 Å². The van der Waals surface area contributed by atoms with Crippen molar-refractivity contribution in [3.05, 3.63) is 102 Å². The number of carbonyl (C=O) groups excluding carboxylic acids is 7. The van der Waals surface area contributed by atoms with Crippen LogP contribution in [0.2, 0.25) is 0 Å². The molecular weight excluding hydrogens is 779 g/mol. The number of phenols is 1. The van der Waals surface area contributed by atoms with E-state index in [-0.39, 0.29) is 31.6 Å². The van der Waals surface area contributed by atoms with Crippen molar-refractivity contribution in [1.29, 1.82) is 0 Å². The Morgan fingerprint density at radius 3 is 1.82 bits per heavy atom. The summed E-state index contributed by atoms with van der Waals surface area (Å²) < 4.78 is 0. The number of carbonyl (C=O) groups is 7. The Hall–Kier alpha value is -6.25. The SMILES string of the molecule is CC[C@H](C)[C@@H]1NC(=O)[C@H](Cc2ccc(O)cc2)N(C)C(=O)[C@H](Cc2ccccc2)NC(=O)CN(C)C(=O)[C@@H]2CCCN2C(=O)[C@@H](Cc2ccccc2)N(C)C(=O)[C@H](C)NC1=O. The molecule has 15 nitrogen and oxygen atoms in total. The van der Waals surface area contributed by atoms with Crippen molar-refractivity contribution in [1.82, 2.24) is 35.6 Å². The summed E-state index contributed by atoms with van der Waals surface area (Å²) in [5.41, 5.74) is 2.13. The molecule has 0 bridgehead atoms. The van der Waals surface area contributed by atoms with E-state index < -0.39 is 90.1 Å². The molecular formula is C46H59N7O8. The van der Waals surface area contributed by atoms with E-state index in [0.717, 1.165) is 11.1 Å². The highest BCUT2D eigenvalue weighted by Gasteiger charge is 2.42. The first-order valence-electron chi connectivity index (χ1n) is 20.9. The molecule has 2 saturated heterocycles. The van der Waals surface area contributed by atoms with Gasteiger partial charge in [0.1, 0.15) is 42.0 Å². The first-order valence-corrected chi connectivity index (χ1v) is 20.9. The summed E-state index contributed by atoms with van der Waals surface area (Å²) in [5.74, 6) is -4.39. The molecule has 7 amide bonds. The van der Waals surface area contributed by atoms with Crippen molar-refractivity contribution >= 4 is 41.4 Å². The standard InChI is InChI=1S/C46H59N7O8/c1-7-29(2)40-42(57)47-30(3)43(58)52(6)38(27-32-17-12-9-13-18-32)46(61)53-24-14-19-36(53)45(60)50(4)28-39(55)48-35(25-31-15-10-8-11-16-31)44(59)51(5)37(41(56)49-40)26-33-20-22-34(54)23-21-33/h8-13,15-18,20-23,29-30,35-38,40,54H,7,14,19,24-28H2,1-6H3,(H,47,57)(H,48,55)(H,49,56)/t29-,30-,35-,36-,37-,38+,40-/m0/s1. The van der Waals surface area contributed by atoms with Crippen LogP contribution < -0.4 is 16.0 Å². The summed E-state index contributed by atoms with van der Waals surface area (Å²) in [6.07, 6.45) is 1.53. The summed E-state index contributed by atoms with van der Waals surface area (Å²) in [6.45, 7) is 5.00. The number of benzene rings is 3. The minimum atomic E-state index is -1.20. The van der Waals surface area contributed by atoms with Gasteiger partial charge in [-0.2, -0.15) is 0 Å². The van der Waals surface area contributed by atoms with Gasteiger partial charge in [-0.25, -0.2) is 0 Å². The molecule has 0 aromatic heterocycles. The number of rotatable bonds is 8. The highest BCUT2D eigenvalue weighted by molar-refractivity contribution is 5.98. The molecule has 0 spiro atoms. The fourth-order valence-electron chi connectivity index (χ4n) is 7.98. The van der Waals surface area contributed by atoms with E-state index in [1.165, 1.54) is 59.8 Å². The molecule has 0 aliphatic carbocycles. The molecule has 4 N–H and O–H groups in total. The Morgan fingerprint density at radius 1 is 0.656 bits per heavy atom. The van der Waals surface area contributed by atoms with Gasteiger partial charge in [0, 0.05) is 47.0 Å². The van der Waals surface area contributed by atoms with Gasteiger partial charge < -0.3 is 40.7 Å². The number of likely N-dealkylation sites (N-methyl/N-ethyl adjacent to an activating group) is 3.